The Morgan fingerprint density at radius 2 is 2.00 bits per heavy atom. The van der Waals surface area contributed by atoms with Crippen molar-refractivity contribution in [3.8, 4) is 11.1 Å². The molecular weight excluding hydrogens is 438 g/mol. The first-order valence-electron chi connectivity index (χ1n) is 9.38. The number of carbonyl (C=O) groups excluding carboxylic acids is 1. The van der Waals surface area contributed by atoms with Gasteiger partial charge in [-0.25, -0.2) is 9.97 Å². The van der Waals surface area contributed by atoms with Gasteiger partial charge in [0, 0.05) is 16.3 Å². The van der Waals surface area contributed by atoms with Gasteiger partial charge < -0.3 is 9.72 Å². The minimum atomic E-state index is -0.282. The van der Waals surface area contributed by atoms with Gasteiger partial charge in [-0.05, 0) is 19.4 Å². The molecule has 1 N–H and O–H groups in total. The van der Waals surface area contributed by atoms with Crippen molar-refractivity contribution < 1.29 is 9.53 Å². The molecule has 1 atom stereocenters. The maximum absolute atomic E-state index is 12.8. The van der Waals surface area contributed by atoms with Crippen molar-refractivity contribution in [2.75, 3.05) is 6.61 Å². The molecule has 0 spiro atoms. The summed E-state index contributed by atoms with van der Waals surface area (Å²) in [7, 11) is 0. The molecule has 30 heavy (non-hydrogen) atoms. The highest BCUT2D eigenvalue weighted by Crippen LogP contribution is 2.36. The van der Waals surface area contributed by atoms with Crippen molar-refractivity contribution in [3.05, 3.63) is 63.0 Å². The number of H-pyrrole nitrogens is 1. The van der Waals surface area contributed by atoms with Crippen molar-refractivity contribution in [2.45, 2.75) is 29.9 Å². The van der Waals surface area contributed by atoms with E-state index in [0.717, 1.165) is 20.3 Å². The Labute approximate surface area is 185 Å². The van der Waals surface area contributed by atoms with E-state index >= 15 is 0 Å². The lowest BCUT2D eigenvalue weighted by atomic mass is 10.1. The van der Waals surface area contributed by atoms with Gasteiger partial charge in [0.05, 0.1) is 29.4 Å². The molecule has 0 amide bonds. The van der Waals surface area contributed by atoms with E-state index in [1.54, 1.807) is 6.92 Å². The van der Waals surface area contributed by atoms with Crippen LogP contribution in [0.25, 0.3) is 21.3 Å². The molecule has 0 bridgehead atoms. The predicted molar refractivity (Wildman–Crippen MR) is 122 cm³/mol. The van der Waals surface area contributed by atoms with Gasteiger partial charge in [-0.3, -0.25) is 9.59 Å². The zero-order chi connectivity index (χ0) is 21.1. The lowest BCUT2D eigenvalue weighted by Gasteiger charge is -2.08. The van der Waals surface area contributed by atoms with E-state index in [1.165, 1.54) is 34.4 Å². The fourth-order valence-corrected chi connectivity index (χ4v) is 5.97. The smallest absolute Gasteiger partial charge is 0.311 e. The third-order valence-electron chi connectivity index (χ3n) is 4.37. The zero-order valence-corrected chi connectivity index (χ0v) is 18.8. The summed E-state index contributed by atoms with van der Waals surface area (Å²) in [6.45, 7) is 4.12. The number of nitrogens with zero attached hydrogens (tertiary/aromatic N) is 2. The summed E-state index contributed by atoms with van der Waals surface area (Å²) < 4.78 is 5.78. The first-order chi connectivity index (χ1) is 14.5. The molecule has 0 radical (unpaired) electrons. The van der Waals surface area contributed by atoms with Crippen LogP contribution in [-0.2, 0) is 16.0 Å². The lowest BCUT2D eigenvalue weighted by Crippen LogP contribution is -2.12. The third-order valence-corrected chi connectivity index (χ3v) is 7.37. The molecular formula is C21H19N3O3S3. The molecule has 1 aromatic carbocycles. The number of aromatic amines is 1. The maximum atomic E-state index is 12.8. The van der Waals surface area contributed by atoms with Crippen LogP contribution in [0.15, 0.2) is 50.2 Å². The molecule has 4 rings (SSSR count). The second kappa shape index (κ2) is 9.11. The van der Waals surface area contributed by atoms with E-state index in [0.29, 0.717) is 23.5 Å². The molecule has 154 valence electrons. The molecule has 6 nitrogen and oxygen atoms in total. The molecule has 0 aliphatic heterocycles. The number of hydrogen-bond acceptors (Lipinski definition) is 8. The van der Waals surface area contributed by atoms with Crippen molar-refractivity contribution in [1.82, 2.24) is 15.0 Å². The zero-order valence-electron chi connectivity index (χ0n) is 16.4. The van der Waals surface area contributed by atoms with Crippen molar-refractivity contribution in [1.29, 1.82) is 0 Å². The topological polar surface area (TPSA) is 84.9 Å². The molecule has 0 aliphatic rings. The quantitative estimate of drug-likeness (QED) is 0.308. The number of carbonyl (C=O) groups is 1. The van der Waals surface area contributed by atoms with E-state index in [-0.39, 0.29) is 23.2 Å². The number of benzene rings is 1. The predicted octanol–water partition coefficient (Wildman–Crippen LogP) is 5.07. The molecule has 0 saturated heterocycles. The number of aromatic nitrogens is 3. The van der Waals surface area contributed by atoms with Crippen LogP contribution in [0.4, 0.5) is 0 Å². The summed E-state index contributed by atoms with van der Waals surface area (Å²) in [5.41, 5.74) is 2.46. The number of esters is 1. The largest absolute Gasteiger partial charge is 0.466 e. The number of fused-ring (bicyclic) bond motifs is 1. The summed E-state index contributed by atoms with van der Waals surface area (Å²) in [6, 6.07) is 9.84. The van der Waals surface area contributed by atoms with E-state index in [4.69, 9.17) is 9.72 Å². The summed E-state index contributed by atoms with van der Waals surface area (Å²) in [6.07, 6.45) is 0.164. The monoisotopic (exact) mass is 457 g/mol. The first kappa shape index (κ1) is 20.8. The van der Waals surface area contributed by atoms with E-state index in [2.05, 4.69) is 9.97 Å². The standard InChI is InChI=1S/C21H19N3O3S3/c1-3-27-16(25)9-14-10-29-21(22-14)30-12(2)18-23-19(26)17-15(11-28-20(17)24-18)13-7-5-4-6-8-13/h4-8,10-12H,3,9H2,1-2H3,(H,23,24,26). The normalized spacial score (nSPS) is 12.2. The molecule has 0 fully saturated rings. The Kier molecular flexibility index (Phi) is 6.31. The second-order valence-corrected chi connectivity index (χ2v) is 9.80. The van der Waals surface area contributed by atoms with Crippen LogP contribution in [0.5, 0.6) is 0 Å². The SMILES string of the molecule is CCOC(=O)Cc1csc(SC(C)c2nc3scc(-c4ccccc4)c3c(=O)[nH]2)n1. The molecule has 0 aliphatic carbocycles. The van der Waals surface area contributed by atoms with Gasteiger partial charge in [-0.15, -0.1) is 22.7 Å². The van der Waals surface area contributed by atoms with E-state index in [9.17, 15) is 9.59 Å². The second-order valence-electron chi connectivity index (χ2n) is 6.49. The summed E-state index contributed by atoms with van der Waals surface area (Å²) in [4.78, 5) is 37.3. The maximum Gasteiger partial charge on any atom is 0.311 e. The summed E-state index contributed by atoms with van der Waals surface area (Å²) >= 11 is 4.45. The van der Waals surface area contributed by atoms with Crippen LogP contribution in [0.1, 0.15) is 30.6 Å². The highest BCUT2D eigenvalue weighted by Gasteiger charge is 2.18. The number of ether oxygens (including phenoxy) is 1. The van der Waals surface area contributed by atoms with Crippen LogP contribution >= 0.6 is 34.4 Å². The van der Waals surface area contributed by atoms with Gasteiger partial charge in [0.2, 0.25) is 0 Å². The third kappa shape index (κ3) is 4.48. The number of thiophene rings is 1. The highest BCUT2D eigenvalue weighted by atomic mass is 32.2. The Bertz CT molecular complexity index is 1230. The van der Waals surface area contributed by atoms with Crippen LogP contribution in [-0.4, -0.2) is 27.5 Å². The van der Waals surface area contributed by atoms with Gasteiger partial charge in [0.15, 0.2) is 4.34 Å². The number of hydrogen-bond donors (Lipinski definition) is 1. The van der Waals surface area contributed by atoms with Gasteiger partial charge in [0.1, 0.15) is 10.7 Å². The number of nitrogens with one attached hydrogen (secondary N) is 1. The molecule has 4 aromatic rings. The number of rotatable bonds is 7. The molecule has 1 unspecified atom stereocenters. The van der Waals surface area contributed by atoms with Crippen molar-refractivity contribution >= 4 is 50.6 Å². The highest BCUT2D eigenvalue weighted by molar-refractivity contribution is 8.01. The Balaban J connectivity index is 1.55. The number of thioether (sulfide) groups is 1. The van der Waals surface area contributed by atoms with Crippen LogP contribution in [0, 0.1) is 0 Å². The van der Waals surface area contributed by atoms with E-state index < -0.39 is 0 Å². The van der Waals surface area contributed by atoms with Gasteiger partial charge in [-0.2, -0.15) is 0 Å². The lowest BCUT2D eigenvalue weighted by molar-refractivity contribution is -0.142. The molecule has 3 aromatic heterocycles. The minimum Gasteiger partial charge on any atom is -0.466 e. The summed E-state index contributed by atoms with van der Waals surface area (Å²) in [5.74, 6) is 0.330. The van der Waals surface area contributed by atoms with Gasteiger partial charge >= 0.3 is 5.97 Å². The van der Waals surface area contributed by atoms with E-state index in [1.807, 2.05) is 48.0 Å². The van der Waals surface area contributed by atoms with Crippen molar-refractivity contribution in [3.63, 3.8) is 0 Å². The van der Waals surface area contributed by atoms with Crippen molar-refractivity contribution in [2.24, 2.45) is 0 Å². The Morgan fingerprint density at radius 3 is 2.77 bits per heavy atom. The van der Waals surface area contributed by atoms with Gasteiger partial charge in [-0.1, -0.05) is 42.1 Å². The average Bonchev–Trinajstić information content (AvgIpc) is 3.36. The fraction of sp³-hybridized carbons (Fsp3) is 0.238. The first-order valence-corrected chi connectivity index (χ1v) is 12.0. The molecule has 3 heterocycles. The minimum absolute atomic E-state index is 0.0917. The van der Waals surface area contributed by atoms with Crippen LogP contribution < -0.4 is 5.56 Å². The Hall–Kier alpha value is -2.49. The van der Waals surface area contributed by atoms with Crippen LogP contribution in [0.2, 0.25) is 0 Å². The summed E-state index contributed by atoms with van der Waals surface area (Å²) in [5, 5.41) is 4.37. The fourth-order valence-electron chi connectivity index (χ4n) is 2.98. The molecule has 9 heteroatoms. The molecule has 0 saturated carbocycles. The van der Waals surface area contributed by atoms with Crippen LogP contribution in [0.3, 0.4) is 0 Å². The number of thiazole rings is 1. The average molecular weight is 458 g/mol. The Morgan fingerprint density at radius 1 is 1.20 bits per heavy atom. The van der Waals surface area contributed by atoms with Gasteiger partial charge in [0.25, 0.3) is 5.56 Å².